The lowest BCUT2D eigenvalue weighted by atomic mass is 10.1. The number of hydrogen-bond acceptors (Lipinski definition) is 4. The van der Waals surface area contributed by atoms with Crippen molar-refractivity contribution in [2.75, 3.05) is 6.61 Å². The molecule has 3 N–H and O–H groups in total. The van der Waals surface area contributed by atoms with Crippen LogP contribution in [-0.4, -0.2) is 40.4 Å². The Bertz CT molecular complexity index is 218. The molecule has 0 radical (unpaired) electrons. The van der Waals surface area contributed by atoms with Crippen LogP contribution in [0.25, 0.3) is 0 Å². The van der Waals surface area contributed by atoms with Gasteiger partial charge in [0.05, 0.1) is 12.2 Å². The summed E-state index contributed by atoms with van der Waals surface area (Å²) in [5, 5.41) is 28.0. The summed E-state index contributed by atoms with van der Waals surface area (Å²) in [6, 6.07) is 0. The summed E-state index contributed by atoms with van der Waals surface area (Å²) in [5.74, 6) is 0. The lowest BCUT2D eigenvalue weighted by molar-refractivity contribution is -0.143. The number of aliphatic hydroxyl groups excluding tert-OH is 3. The molecule has 4 heteroatoms. The van der Waals surface area contributed by atoms with Crippen molar-refractivity contribution >= 4 is 0 Å². The van der Waals surface area contributed by atoms with E-state index in [9.17, 15) is 10.2 Å². The fourth-order valence-electron chi connectivity index (χ4n) is 1.68. The third kappa shape index (κ3) is 9.36. The van der Waals surface area contributed by atoms with Crippen molar-refractivity contribution in [3.63, 3.8) is 0 Å². The molecule has 0 spiro atoms. The van der Waals surface area contributed by atoms with Crippen molar-refractivity contribution in [2.24, 2.45) is 0 Å². The van der Waals surface area contributed by atoms with Crippen LogP contribution in [0.4, 0.5) is 0 Å². The van der Waals surface area contributed by atoms with Gasteiger partial charge in [-0.1, -0.05) is 12.2 Å². The van der Waals surface area contributed by atoms with E-state index in [0.29, 0.717) is 38.5 Å². The first-order valence-corrected chi connectivity index (χ1v) is 6.48. The van der Waals surface area contributed by atoms with E-state index in [0.717, 1.165) is 0 Å². The molecule has 0 saturated heterocycles. The number of rotatable bonds is 12. The average Bonchev–Trinajstić information content (AvgIpc) is 2.34. The maximum Gasteiger partial charge on any atom is 0.155 e. The molecule has 18 heavy (non-hydrogen) atoms. The first kappa shape index (κ1) is 17.3. The molecule has 0 aromatic carbocycles. The Morgan fingerprint density at radius 2 is 1.67 bits per heavy atom. The molecule has 0 aliphatic carbocycles. The molecule has 3 unspecified atom stereocenters. The molecule has 4 nitrogen and oxygen atoms in total. The molecular weight excluding hydrogens is 232 g/mol. The highest BCUT2D eigenvalue weighted by Gasteiger charge is 2.14. The minimum Gasteiger partial charge on any atom is -0.396 e. The lowest BCUT2D eigenvalue weighted by Crippen LogP contribution is -2.23. The van der Waals surface area contributed by atoms with Crippen LogP contribution in [0.5, 0.6) is 0 Å². The zero-order valence-corrected chi connectivity index (χ0v) is 11.0. The molecule has 0 aromatic rings. The first-order chi connectivity index (χ1) is 8.63. The molecule has 0 heterocycles. The van der Waals surface area contributed by atoms with E-state index in [2.05, 4.69) is 13.2 Å². The van der Waals surface area contributed by atoms with Crippen molar-refractivity contribution in [3.8, 4) is 0 Å². The monoisotopic (exact) mass is 258 g/mol. The third-order valence-electron chi connectivity index (χ3n) is 2.65. The summed E-state index contributed by atoms with van der Waals surface area (Å²) in [6.45, 7) is 7.30. The maximum absolute atomic E-state index is 9.71. The van der Waals surface area contributed by atoms with Gasteiger partial charge in [-0.05, 0) is 32.1 Å². The second-order valence-corrected chi connectivity index (χ2v) is 4.36. The summed E-state index contributed by atoms with van der Waals surface area (Å²) in [5.41, 5.74) is 0. The molecule has 0 bridgehead atoms. The van der Waals surface area contributed by atoms with E-state index in [4.69, 9.17) is 9.84 Å². The van der Waals surface area contributed by atoms with Crippen molar-refractivity contribution in [2.45, 2.75) is 57.0 Å². The van der Waals surface area contributed by atoms with Crippen molar-refractivity contribution < 1.29 is 20.1 Å². The van der Waals surface area contributed by atoms with Crippen LogP contribution in [0.2, 0.25) is 0 Å². The van der Waals surface area contributed by atoms with Gasteiger partial charge >= 0.3 is 0 Å². The van der Waals surface area contributed by atoms with E-state index in [1.54, 1.807) is 12.2 Å². The predicted molar refractivity (Wildman–Crippen MR) is 72.1 cm³/mol. The minimum absolute atomic E-state index is 0.116. The van der Waals surface area contributed by atoms with Crippen LogP contribution < -0.4 is 0 Å². The van der Waals surface area contributed by atoms with Gasteiger partial charge in [0, 0.05) is 13.0 Å². The second-order valence-electron chi connectivity index (χ2n) is 4.36. The Labute approximate surface area is 110 Å². The molecule has 106 valence electrons. The molecule has 0 rings (SSSR count). The van der Waals surface area contributed by atoms with Gasteiger partial charge < -0.3 is 20.1 Å². The van der Waals surface area contributed by atoms with Gasteiger partial charge in [-0.15, -0.1) is 13.2 Å². The molecule has 3 atom stereocenters. The highest BCUT2D eigenvalue weighted by molar-refractivity contribution is 4.75. The highest BCUT2D eigenvalue weighted by Crippen LogP contribution is 2.13. The van der Waals surface area contributed by atoms with Crippen LogP contribution in [0, 0.1) is 0 Å². The predicted octanol–water partition coefficient (Wildman–Crippen LogP) is 1.76. The van der Waals surface area contributed by atoms with Gasteiger partial charge in [-0.2, -0.15) is 0 Å². The van der Waals surface area contributed by atoms with E-state index >= 15 is 0 Å². The van der Waals surface area contributed by atoms with Gasteiger partial charge in [0.2, 0.25) is 0 Å². The number of ether oxygens (including phenoxy) is 1. The van der Waals surface area contributed by atoms with E-state index < -0.39 is 12.4 Å². The Morgan fingerprint density at radius 3 is 2.22 bits per heavy atom. The van der Waals surface area contributed by atoms with Crippen LogP contribution in [0.1, 0.15) is 38.5 Å². The third-order valence-corrected chi connectivity index (χ3v) is 2.65. The van der Waals surface area contributed by atoms with Crippen LogP contribution in [0.3, 0.4) is 0 Å². The van der Waals surface area contributed by atoms with E-state index in [1.165, 1.54) is 0 Å². The average molecular weight is 258 g/mol. The van der Waals surface area contributed by atoms with Gasteiger partial charge in [-0.3, -0.25) is 0 Å². The molecule has 0 amide bonds. The van der Waals surface area contributed by atoms with Crippen molar-refractivity contribution in [1.29, 1.82) is 0 Å². The lowest BCUT2D eigenvalue weighted by Gasteiger charge is -2.21. The topological polar surface area (TPSA) is 69.9 Å². The van der Waals surface area contributed by atoms with Crippen LogP contribution in [0.15, 0.2) is 25.3 Å². The number of hydrogen-bond donors (Lipinski definition) is 3. The standard InChI is InChI=1S/C14H26O4/c1-3-6-12(16)9-10-14(17)18-13(7-4-2)8-5-11-15/h3-4,12-17H,1-2,5-11H2. The first-order valence-electron chi connectivity index (χ1n) is 6.48. The Kier molecular flexibility index (Phi) is 11.0. The van der Waals surface area contributed by atoms with E-state index in [-0.39, 0.29) is 12.7 Å². The smallest absolute Gasteiger partial charge is 0.155 e. The van der Waals surface area contributed by atoms with Crippen molar-refractivity contribution in [1.82, 2.24) is 0 Å². The largest absolute Gasteiger partial charge is 0.396 e. The van der Waals surface area contributed by atoms with Gasteiger partial charge in [0.25, 0.3) is 0 Å². The van der Waals surface area contributed by atoms with Crippen LogP contribution in [-0.2, 0) is 4.74 Å². The molecule has 0 aliphatic rings. The molecule has 0 fully saturated rings. The van der Waals surface area contributed by atoms with Crippen LogP contribution >= 0.6 is 0 Å². The summed E-state index contributed by atoms with van der Waals surface area (Å²) in [6.07, 6.45) is 5.28. The molecule has 0 aromatic heterocycles. The Balaban J connectivity index is 3.88. The minimum atomic E-state index is -0.881. The molecule has 0 saturated carbocycles. The Hall–Kier alpha value is -0.680. The highest BCUT2D eigenvalue weighted by atomic mass is 16.6. The summed E-state index contributed by atoms with van der Waals surface area (Å²) in [7, 11) is 0. The molecule has 0 aliphatic heterocycles. The van der Waals surface area contributed by atoms with Gasteiger partial charge in [0.15, 0.2) is 6.29 Å². The summed E-state index contributed by atoms with van der Waals surface area (Å²) < 4.78 is 5.46. The fourth-order valence-corrected chi connectivity index (χ4v) is 1.68. The number of aliphatic hydroxyl groups is 3. The van der Waals surface area contributed by atoms with Gasteiger partial charge in [0.1, 0.15) is 0 Å². The second kappa shape index (κ2) is 11.4. The zero-order chi connectivity index (χ0) is 13.8. The summed E-state index contributed by atoms with van der Waals surface area (Å²) in [4.78, 5) is 0. The normalized spacial score (nSPS) is 15.9. The summed E-state index contributed by atoms with van der Waals surface area (Å²) >= 11 is 0. The van der Waals surface area contributed by atoms with Crippen molar-refractivity contribution in [3.05, 3.63) is 25.3 Å². The zero-order valence-electron chi connectivity index (χ0n) is 11.0. The van der Waals surface area contributed by atoms with Gasteiger partial charge in [-0.25, -0.2) is 0 Å². The maximum atomic E-state index is 9.71. The fraction of sp³-hybridized carbons (Fsp3) is 0.714. The molecular formula is C14H26O4. The van der Waals surface area contributed by atoms with E-state index in [1.807, 2.05) is 0 Å². The quantitative estimate of drug-likeness (QED) is 0.368. The SMILES string of the molecule is C=CCC(O)CCC(O)OC(CC=C)CCCO. The Morgan fingerprint density at radius 1 is 1.00 bits per heavy atom.